The Morgan fingerprint density at radius 3 is 2.65 bits per heavy atom. The van der Waals surface area contributed by atoms with Crippen molar-refractivity contribution < 1.29 is 23.4 Å². The second-order valence-corrected chi connectivity index (χ2v) is 11.9. The molecule has 1 unspecified atom stereocenters. The average molecular weight is 633 g/mol. The number of piperazine rings is 1. The minimum absolute atomic E-state index is 0.0492. The molecule has 0 saturated carbocycles. The van der Waals surface area contributed by atoms with Crippen LogP contribution in [-0.2, 0) is 14.3 Å². The number of carbonyl (C=O) groups is 1. The van der Waals surface area contributed by atoms with E-state index in [1.54, 1.807) is 24.5 Å². The first kappa shape index (κ1) is 31.7. The maximum Gasteiger partial charge on any atom is 0.248 e. The number of carbonyl (C=O) groups excluding carboxylic acids is 1. The van der Waals surface area contributed by atoms with Gasteiger partial charge in [0.05, 0.1) is 37.7 Å². The molecule has 1 amide bonds. The monoisotopic (exact) mass is 632 g/mol. The summed E-state index contributed by atoms with van der Waals surface area (Å²) in [5.74, 6) is 0.600. The minimum atomic E-state index is -1.38. The normalized spacial score (nSPS) is 23.6. The zero-order chi connectivity index (χ0) is 31.9. The van der Waals surface area contributed by atoms with Gasteiger partial charge in [-0.25, -0.2) is 14.4 Å². The third-order valence-electron chi connectivity index (χ3n) is 8.72. The number of nitrogens with zero attached hydrogens (tertiary/aromatic N) is 6. The minimum Gasteiger partial charge on any atom is -0.486 e. The Bertz CT molecular complexity index is 1450. The van der Waals surface area contributed by atoms with Crippen molar-refractivity contribution in [1.82, 2.24) is 15.1 Å². The molecule has 12 nitrogen and oxygen atoms in total. The molecule has 46 heavy (non-hydrogen) atoms. The average Bonchev–Trinajstić information content (AvgIpc) is 3.06. The van der Waals surface area contributed by atoms with E-state index in [2.05, 4.69) is 43.6 Å². The Kier molecular flexibility index (Phi) is 10.3. The van der Waals surface area contributed by atoms with Gasteiger partial charge in [-0.1, -0.05) is 13.0 Å². The molecule has 244 valence electrons. The fourth-order valence-electron chi connectivity index (χ4n) is 5.96. The van der Waals surface area contributed by atoms with E-state index in [1.807, 2.05) is 19.1 Å². The topological polar surface area (TPSA) is 127 Å². The molecule has 0 radical (unpaired) electrons. The number of likely N-dealkylation sites (tertiary alicyclic amines) is 1. The van der Waals surface area contributed by atoms with Crippen molar-refractivity contribution in [2.45, 2.75) is 44.2 Å². The number of benzene rings is 2. The highest BCUT2D eigenvalue weighted by atomic mass is 19.1. The second kappa shape index (κ2) is 14.9. The van der Waals surface area contributed by atoms with Crippen molar-refractivity contribution in [2.75, 3.05) is 75.9 Å². The third kappa shape index (κ3) is 7.58. The van der Waals surface area contributed by atoms with Crippen LogP contribution in [0.5, 0.6) is 5.75 Å². The number of piperidine rings is 1. The Balaban J connectivity index is 1.03. The number of aliphatic imine (C=N–C) groups is 2. The van der Waals surface area contributed by atoms with Crippen molar-refractivity contribution >= 4 is 29.6 Å². The van der Waals surface area contributed by atoms with E-state index in [-0.39, 0.29) is 24.6 Å². The van der Waals surface area contributed by atoms with Crippen molar-refractivity contribution in [3.05, 3.63) is 53.6 Å². The lowest BCUT2D eigenvalue weighted by atomic mass is 10.0. The van der Waals surface area contributed by atoms with Crippen LogP contribution in [0.2, 0.25) is 0 Å². The molecule has 4 aliphatic heterocycles. The van der Waals surface area contributed by atoms with Crippen LogP contribution in [0.15, 0.2) is 52.4 Å². The number of amides is 1. The highest BCUT2D eigenvalue weighted by Gasteiger charge is 2.34. The zero-order valence-corrected chi connectivity index (χ0v) is 26.1. The second-order valence-electron chi connectivity index (χ2n) is 11.9. The summed E-state index contributed by atoms with van der Waals surface area (Å²) in [6, 6.07) is 16.2. The number of rotatable bonds is 10. The van der Waals surface area contributed by atoms with Gasteiger partial charge in [0.1, 0.15) is 24.5 Å². The maximum absolute atomic E-state index is 15.0. The molecule has 0 spiro atoms. The number of halogens is 1. The number of hydrogen-bond donors (Lipinski definition) is 2. The van der Waals surface area contributed by atoms with E-state index < -0.39 is 18.4 Å². The fraction of sp³-hybridized carbons (Fsp3) is 0.515. The molecule has 4 heterocycles. The van der Waals surface area contributed by atoms with Crippen molar-refractivity contribution in [2.24, 2.45) is 9.98 Å². The van der Waals surface area contributed by atoms with E-state index in [0.29, 0.717) is 42.9 Å². The SMILES string of the molecule is CCCOCC(=O)N1CC[C@H](Oc2ccc(C3N=CNC(Nc4ccc(N5CCN(C6COC6)CC5)cc4)=N3)cc2C#N)[C@H](F)C1. The lowest BCUT2D eigenvalue weighted by molar-refractivity contribution is -0.140. The molecule has 3 saturated heterocycles. The number of hydrogen-bond acceptors (Lipinski definition) is 11. The largest absolute Gasteiger partial charge is 0.486 e. The first-order valence-electron chi connectivity index (χ1n) is 16.0. The van der Waals surface area contributed by atoms with E-state index >= 15 is 4.39 Å². The zero-order valence-electron chi connectivity index (χ0n) is 26.1. The van der Waals surface area contributed by atoms with E-state index in [0.717, 1.165) is 51.5 Å². The highest BCUT2D eigenvalue weighted by molar-refractivity contribution is 6.01. The van der Waals surface area contributed by atoms with Crippen molar-refractivity contribution in [3.63, 3.8) is 0 Å². The van der Waals surface area contributed by atoms with Crippen LogP contribution in [0.25, 0.3) is 0 Å². The van der Waals surface area contributed by atoms with Crippen LogP contribution in [0.1, 0.15) is 37.1 Å². The van der Waals surface area contributed by atoms with Gasteiger partial charge in [-0.2, -0.15) is 5.26 Å². The molecule has 3 fully saturated rings. The molecule has 0 aliphatic carbocycles. The number of anilines is 2. The van der Waals surface area contributed by atoms with Crippen LogP contribution in [-0.4, -0.2) is 112 Å². The van der Waals surface area contributed by atoms with Gasteiger partial charge < -0.3 is 34.6 Å². The molecular formula is C33H41FN8O4. The van der Waals surface area contributed by atoms with E-state index in [9.17, 15) is 10.1 Å². The van der Waals surface area contributed by atoms with E-state index in [4.69, 9.17) is 19.2 Å². The van der Waals surface area contributed by atoms with Gasteiger partial charge in [0.2, 0.25) is 11.9 Å². The van der Waals surface area contributed by atoms with Crippen LogP contribution in [0.4, 0.5) is 15.8 Å². The summed E-state index contributed by atoms with van der Waals surface area (Å²) in [5.41, 5.74) is 3.05. The van der Waals surface area contributed by atoms with Gasteiger partial charge in [0, 0.05) is 57.1 Å². The van der Waals surface area contributed by atoms with Gasteiger partial charge in [0.15, 0.2) is 12.3 Å². The molecule has 0 aromatic heterocycles. The summed E-state index contributed by atoms with van der Waals surface area (Å²) in [5, 5.41) is 16.2. The molecule has 6 rings (SSSR count). The fourth-order valence-corrected chi connectivity index (χ4v) is 5.96. The highest BCUT2D eigenvalue weighted by Crippen LogP contribution is 2.30. The van der Waals surface area contributed by atoms with Crippen molar-refractivity contribution in [3.8, 4) is 11.8 Å². The summed E-state index contributed by atoms with van der Waals surface area (Å²) in [7, 11) is 0. The molecule has 0 bridgehead atoms. The Labute approximate surface area is 268 Å². The van der Waals surface area contributed by atoms with Crippen LogP contribution < -0.4 is 20.3 Å². The number of nitrogens with one attached hydrogen (secondary N) is 2. The van der Waals surface area contributed by atoms with Gasteiger partial charge in [-0.15, -0.1) is 0 Å². The summed E-state index contributed by atoms with van der Waals surface area (Å²) >= 11 is 0. The number of nitriles is 1. The van der Waals surface area contributed by atoms with Gasteiger partial charge in [-0.3, -0.25) is 9.69 Å². The molecular weight excluding hydrogens is 591 g/mol. The Morgan fingerprint density at radius 2 is 1.96 bits per heavy atom. The standard InChI is InChI=1S/C33H41FN8O4/c1-2-15-44-21-31(43)42-10-9-30(28(34)18-42)46-29-8-3-23(16-24(29)17-35)32-36-22-37-33(39-32)38-25-4-6-26(7-5-25)40-11-13-41(14-12-40)27-19-45-20-27/h3-8,16,22,27-28,30,32H,2,9-15,18-21H2,1H3,(H2,36,37,38,39)/t28-,30+,32?/m1/s1. The first-order valence-corrected chi connectivity index (χ1v) is 16.0. The number of guanidine groups is 1. The predicted molar refractivity (Wildman–Crippen MR) is 173 cm³/mol. The number of ether oxygens (including phenoxy) is 3. The van der Waals surface area contributed by atoms with Crippen LogP contribution >= 0.6 is 0 Å². The van der Waals surface area contributed by atoms with E-state index in [1.165, 1.54) is 10.6 Å². The molecule has 13 heteroatoms. The predicted octanol–water partition coefficient (Wildman–Crippen LogP) is 2.92. The summed E-state index contributed by atoms with van der Waals surface area (Å²) in [4.78, 5) is 27.8. The summed E-state index contributed by atoms with van der Waals surface area (Å²) < 4.78 is 31.6. The van der Waals surface area contributed by atoms with Gasteiger partial charge in [0.25, 0.3) is 0 Å². The quantitative estimate of drug-likeness (QED) is 0.380. The summed E-state index contributed by atoms with van der Waals surface area (Å²) in [6.45, 7) is 8.49. The molecule has 4 aliphatic rings. The van der Waals surface area contributed by atoms with Crippen LogP contribution in [0, 0.1) is 11.3 Å². The smallest absolute Gasteiger partial charge is 0.248 e. The molecule has 2 aromatic carbocycles. The summed E-state index contributed by atoms with van der Waals surface area (Å²) in [6.07, 6.45) is -0.00282. The van der Waals surface area contributed by atoms with Gasteiger partial charge in [-0.05, 0) is 48.4 Å². The first-order chi connectivity index (χ1) is 22.5. The molecule has 2 aromatic rings. The molecule has 3 atom stereocenters. The van der Waals surface area contributed by atoms with Gasteiger partial charge >= 0.3 is 0 Å². The van der Waals surface area contributed by atoms with Crippen LogP contribution in [0.3, 0.4) is 0 Å². The lowest BCUT2D eigenvalue weighted by Crippen LogP contribution is -2.56. The Morgan fingerprint density at radius 1 is 1.15 bits per heavy atom. The maximum atomic E-state index is 15.0. The lowest BCUT2D eigenvalue weighted by Gasteiger charge is -2.43. The van der Waals surface area contributed by atoms with Crippen molar-refractivity contribution in [1.29, 1.82) is 5.26 Å². The number of alkyl halides is 1. The third-order valence-corrected chi connectivity index (χ3v) is 8.72. The molecule has 2 N–H and O–H groups in total. The Hall–Kier alpha value is -4.25.